The van der Waals surface area contributed by atoms with Crippen molar-refractivity contribution < 1.29 is 14.3 Å². The maximum atomic E-state index is 12.3. The van der Waals surface area contributed by atoms with Gasteiger partial charge in [-0.2, -0.15) is 0 Å². The molecule has 3 nitrogen and oxygen atoms in total. The second kappa shape index (κ2) is 8.49. The van der Waals surface area contributed by atoms with Crippen LogP contribution in [0.25, 0.3) is 0 Å². The summed E-state index contributed by atoms with van der Waals surface area (Å²) in [5.74, 6) is -0.297. The first kappa shape index (κ1) is 17.2. The molecule has 0 spiro atoms. The number of halogens is 1. The van der Waals surface area contributed by atoms with Crippen molar-refractivity contribution in [1.82, 2.24) is 0 Å². The molecular formula is C19H19ClO3. The molecule has 4 heteroatoms. The van der Waals surface area contributed by atoms with E-state index in [1.807, 2.05) is 30.3 Å². The third-order valence-electron chi connectivity index (χ3n) is 3.40. The standard InChI is InChI=1S/C19H19ClO3/c1-2-23-18(21)13-17(20)12-14-8-10-16(11-9-14)19(22)15-6-4-3-5-7-15/h3-11,17H,2,12-13H2,1H3. The number of esters is 1. The molecule has 2 rings (SSSR count). The van der Waals surface area contributed by atoms with Gasteiger partial charge in [0.1, 0.15) is 0 Å². The number of carbonyl (C=O) groups excluding carboxylic acids is 2. The van der Waals surface area contributed by atoms with E-state index in [1.165, 1.54) is 0 Å². The minimum absolute atomic E-state index is 0.00824. The van der Waals surface area contributed by atoms with Crippen LogP contribution in [0.5, 0.6) is 0 Å². The number of hydrogen-bond donors (Lipinski definition) is 0. The van der Waals surface area contributed by atoms with Crippen LogP contribution in [0.4, 0.5) is 0 Å². The third-order valence-corrected chi connectivity index (χ3v) is 3.71. The minimum Gasteiger partial charge on any atom is -0.466 e. The zero-order valence-corrected chi connectivity index (χ0v) is 13.8. The second-order valence-corrected chi connectivity index (χ2v) is 5.82. The van der Waals surface area contributed by atoms with Crippen molar-refractivity contribution in [3.05, 3.63) is 71.3 Å². The van der Waals surface area contributed by atoms with Crippen molar-refractivity contribution in [3.63, 3.8) is 0 Å². The average Bonchev–Trinajstić information content (AvgIpc) is 2.56. The first-order chi connectivity index (χ1) is 11.1. The molecule has 0 fully saturated rings. The highest BCUT2D eigenvalue weighted by atomic mass is 35.5. The van der Waals surface area contributed by atoms with Crippen molar-refractivity contribution in [2.45, 2.75) is 25.1 Å². The number of ether oxygens (including phenoxy) is 1. The van der Waals surface area contributed by atoms with Crippen LogP contribution in [-0.4, -0.2) is 23.7 Å². The summed E-state index contributed by atoms with van der Waals surface area (Å²) in [6.07, 6.45) is 0.736. The Kier molecular flexibility index (Phi) is 6.36. The second-order valence-electron chi connectivity index (χ2n) is 5.20. The van der Waals surface area contributed by atoms with Gasteiger partial charge in [-0.05, 0) is 18.9 Å². The van der Waals surface area contributed by atoms with Crippen LogP contribution in [0.15, 0.2) is 54.6 Å². The van der Waals surface area contributed by atoms with E-state index in [-0.39, 0.29) is 23.6 Å². The fourth-order valence-corrected chi connectivity index (χ4v) is 2.58. The molecule has 0 amide bonds. The molecule has 0 bridgehead atoms. The van der Waals surface area contributed by atoms with Crippen molar-refractivity contribution >= 4 is 23.4 Å². The van der Waals surface area contributed by atoms with Crippen LogP contribution in [0.2, 0.25) is 0 Å². The first-order valence-electron chi connectivity index (χ1n) is 7.58. The molecule has 0 N–H and O–H groups in total. The average molecular weight is 331 g/mol. The highest BCUT2D eigenvalue weighted by molar-refractivity contribution is 6.21. The number of benzene rings is 2. The predicted molar refractivity (Wildman–Crippen MR) is 90.9 cm³/mol. The van der Waals surface area contributed by atoms with Crippen molar-refractivity contribution in [3.8, 4) is 0 Å². The molecule has 0 saturated carbocycles. The molecule has 2 aromatic rings. The number of ketones is 1. The summed E-state index contributed by atoms with van der Waals surface area (Å²) in [7, 11) is 0. The molecule has 1 atom stereocenters. The Labute approximate surface area is 141 Å². The van der Waals surface area contributed by atoms with E-state index >= 15 is 0 Å². The van der Waals surface area contributed by atoms with E-state index < -0.39 is 0 Å². The van der Waals surface area contributed by atoms with Gasteiger partial charge in [0.05, 0.1) is 13.0 Å². The van der Waals surface area contributed by atoms with Crippen LogP contribution in [0.1, 0.15) is 34.8 Å². The summed E-state index contributed by atoms with van der Waals surface area (Å²) in [5, 5.41) is -0.315. The molecule has 0 saturated heterocycles. The molecular weight excluding hydrogens is 312 g/mol. The lowest BCUT2D eigenvalue weighted by Gasteiger charge is -2.09. The van der Waals surface area contributed by atoms with Gasteiger partial charge < -0.3 is 4.74 Å². The summed E-state index contributed by atoms with van der Waals surface area (Å²) in [6.45, 7) is 2.13. The Morgan fingerprint density at radius 1 is 1.00 bits per heavy atom. The van der Waals surface area contributed by atoms with Gasteiger partial charge in [0.2, 0.25) is 0 Å². The van der Waals surface area contributed by atoms with E-state index in [2.05, 4.69) is 0 Å². The van der Waals surface area contributed by atoms with Crippen molar-refractivity contribution in [2.24, 2.45) is 0 Å². The van der Waals surface area contributed by atoms with Crippen LogP contribution in [0, 0.1) is 0 Å². The summed E-state index contributed by atoms with van der Waals surface area (Å²) < 4.78 is 4.88. The van der Waals surface area contributed by atoms with Crippen LogP contribution in [0.3, 0.4) is 0 Å². The number of rotatable bonds is 7. The molecule has 0 aliphatic rings. The zero-order valence-electron chi connectivity index (χ0n) is 13.0. The highest BCUT2D eigenvalue weighted by Crippen LogP contribution is 2.15. The zero-order chi connectivity index (χ0) is 16.7. The largest absolute Gasteiger partial charge is 0.466 e. The predicted octanol–water partition coefficient (Wildman–Crippen LogP) is 4.02. The van der Waals surface area contributed by atoms with Crippen LogP contribution < -0.4 is 0 Å². The number of carbonyl (C=O) groups is 2. The molecule has 0 aliphatic carbocycles. The Balaban J connectivity index is 1.97. The smallest absolute Gasteiger partial charge is 0.307 e. The van der Waals surface area contributed by atoms with Crippen molar-refractivity contribution in [2.75, 3.05) is 6.61 Å². The minimum atomic E-state index is -0.315. The fourth-order valence-electron chi connectivity index (χ4n) is 2.28. The Bertz CT molecular complexity index is 650. The lowest BCUT2D eigenvalue weighted by molar-refractivity contribution is -0.143. The summed E-state index contributed by atoms with van der Waals surface area (Å²) in [5.41, 5.74) is 2.29. The van der Waals surface area contributed by atoms with Crippen LogP contribution >= 0.6 is 11.6 Å². The summed E-state index contributed by atoms with van der Waals surface area (Å²) >= 11 is 6.18. The van der Waals surface area contributed by atoms with E-state index in [4.69, 9.17) is 16.3 Å². The fraction of sp³-hybridized carbons (Fsp3) is 0.263. The Morgan fingerprint density at radius 2 is 1.61 bits per heavy atom. The topological polar surface area (TPSA) is 43.4 Å². The first-order valence-corrected chi connectivity index (χ1v) is 8.02. The number of hydrogen-bond acceptors (Lipinski definition) is 3. The SMILES string of the molecule is CCOC(=O)CC(Cl)Cc1ccc(C(=O)c2ccccc2)cc1. The van der Waals surface area contributed by atoms with E-state index in [0.717, 1.165) is 5.56 Å². The maximum absolute atomic E-state index is 12.3. The van der Waals surface area contributed by atoms with Gasteiger partial charge in [0.15, 0.2) is 5.78 Å². The van der Waals surface area contributed by atoms with Gasteiger partial charge >= 0.3 is 5.97 Å². The van der Waals surface area contributed by atoms with Gasteiger partial charge in [0, 0.05) is 16.5 Å². The van der Waals surface area contributed by atoms with E-state index in [9.17, 15) is 9.59 Å². The van der Waals surface area contributed by atoms with Gasteiger partial charge in [-0.1, -0.05) is 54.6 Å². The third kappa shape index (κ3) is 5.22. The molecule has 0 aromatic heterocycles. The molecule has 23 heavy (non-hydrogen) atoms. The molecule has 0 radical (unpaired) electrons. The molecule has 120 valence electrons. The van der Waals surface area contributed by atoms with Gasteiger partial charge in [-0.15, -0.1) is 11.6 Å². The molecule has 2 aromatic carbocycles. The summed E-state index contributed by atoms with van der Waals surface area (Å²) in [4.78, 5) is 23.7. The maximum Gasteiger partial charge on any atom is 0.307 e. The Morgan fingerprint density at radius 3 is 2.22 bits per heavy atom. The van der Waals surface area contributed by atoms with E-state index in [1.54, 1.807) is 31.2 Å². The van der Waals surface area contributed by atoms with Gasteiger partial charge in [-0.25, -0.2) is 0 Å². The quantitative estimate of drug-likeness (QED) is 0.437. The van der Waals surface area contributed by atoms with Gasteiger partial charge in [0.25, 0.3) is 0 Å². The van der Waals surface area contributed by atoms with Gasteiger partial charge in [-0.3, -0.25) is 9.59 Å². The Hall–Kier alpha value is -2.13. The van der Waals surface area contributed by atoms with Crippen LogP contribution in [-0.2, 0) is 16.0 Å². The van der Waals surface area contributed by atoms with E-state index in [0.29, 0.717) is 24.2 Å². The van der Waals surface area contributed by atoms with Crippen molar-refractivity contribution in [1.29, 1.82) is 0 Å². The number of alkyl halides is 1. The molecule has 0 heterocycles. The lowest BCUT2D eigenvalue weighted by atomic mass is 10.0. The molecule has 1 unspecified atom stereocenters. The lowest BCUT2D eigenvalue weighted by Crippen LogP contribution is -2.13. The highest BCUT2D eigenvalue weighted by Gasteiger charge is 2.13. The molecule has 0 aliphatic heterocycles. The summed E-state index contributed by atoms with van der Waals surface area (Å²) in [6, 6.07) is 16.5. The normalized spacial score (nSPS) is 11.7. The monoisotopic (exact) mass is 330 g/mol.